The van der Waals surface area contributed by atoms with Crippen LogP contribution >= 0.6 is 0 Å². The third kappa shape index (κ3) is 4.59. The van der Waals surface area contributed by atoms with Crippen LogP contribution in [0, 0.1) is 17.5 Å². The second-order valence-electron chi connectivity index (χ2n) is 7.44. The van der Waals surface area contributed by atoms with E-state index < -0.39 is 23.4 Å². The van der Waals surface area contributed by atoms with E-state index in [0.717, 1.165) is 12.1 Å². The molecule has 3 aromatic rings. The summed E-state index contributed by atoms with van der Waals surface area (Å²) >= 11 is 0. The minimum atomic E-state index is -0.960. The van der Waals surface area contributed by atoms with Gasteiger partial charge >= 0.3 is 6.03 Å². The summed E-state index contributed by atoms with van der Waals surface area (Å²) in [5.74, 6) is -2.77. The first-order valence-corrected chi connectivity index (χ1v) is 10.1. The lowest BCUT2D eigenvalue weighted by Gasteiger charge is -2.36. The first-order chi connectivity index (χ1) is 15.4. The lowest BCUT2D eigenvalue weighted by molar-refractivity contribution is 0.102. The number of nitrogens with one attached hydrogen (secondary N) is 1. The summed E-state index contributed by atoms with van der Waals surface area (Å²) in [6.07, 6.45) is 0.662. The van der Waals surface area contributed by atoms with Crippen LogP contribution in [0.5, 0.6) is 0 Å². The smallest absolute Gasteiger partial charge is 0.320 e. The quantitative estimate of drug-likeness (QED) is 0.595. The van der Waals surface area contributed by atoms with Crippen LogP contribution in [-0.4, -0.2) is 29.9 Å². The highest BCUT2D eigenvalue weighted by Crippen LogP contribution is 2.29. The molecule has 8 heteroatoms. The number of urea groups is 1. The molecule has 32 heavy (non-hydrogen) atoms. The molecule has 0 atom stereocenters. The minimum absolute atomic E-state index is 0.136. The first-order valence-electron chi connectivity index (χ1n) is 10.1. The number of hydrogen-bond acceptors (Lipinski definition) is 2. The van der Waals surface area contributed by atoms with E-state index in [1.807, 2.05) is 0 Å². The molecule has 164 valence electrons. The van der Waals surface area contributed by atoms with Crippen molar-refractivity contribution < 1.29 is 22.8 Å². The molecule has 1 aliphatic heterocycles. The molecule has 0 spiro atoms. The molecule has 3 amide bonds. The molecule has 0 aromatic heterocycles. The highest BCUT2D eigenvalue weighted by molar-refractivity contribution is 6.07. The Bertz CT molecular complexity index is 1150. The fraction of sp³-hybridized carbons (Fsp3) is 0.167. The van der Waals surface area contributed by atoms with Crippen LogP contribution in [0.3, 0.4) is 0 Å². The van der Waals surface area contributed by atoms with Gasteiger partial charge in [0.1, 0.15) is 5.82 Å². The normalized spacial score (nSPS) is 13.9. The number of halogens is 3. The van der Waals surface area contributed by atoms with Crippen molar-refractivity contribution in [3.63, 3.8) is 0 Å². The fourth-order valence-electron chi connectivity index (χ4n) is 3.62. The summed E-state index contributed by atoms with van der Waals surface area (Å²) in [5.41, 5.74) is 1.72. The van der Waals surface area contributed by atoms with Gasteiger partial charge in [0, 0.05) is 25.2 Å². The highest BCUT2D eigenvalue weighted by Gasteiger charge is 2.28. The Hall–Kier alpha value is -3.81. The average Bonchev–Trinajstić information content (AvgIpc) is 2.79. The van der Waals surface area contributed by atoms with Crippen molar-refractivity contribution in [1.29, 1.82) is 0 Å². The summed E-state index contributed by atoms with van der Waals surface area (Å²) < 4.78 is 39.9. The van der Waals surface area contributed by atoms with Crippen LogP contribution < -0.4 is 10.2 Å². The molecule has 0 aliphatic carbocycles. The standard InChI is InChI=1S/C24H20F3N3O2/c25-18-9-7-17(8-10-18)23(31)28-21-4-1-2-5-22(21)30-13-3-12-29(24(30)32)15-16-6-11-19(26)20(27)14-16/h1-2,4-11,14H,3,12-13,15H2,(H,28,31). The third-order valence-electron chi connectivity index (χ3n) is 5.22. The molecular weight excluding hydrogens is 419 g/mol. The Morgan fingerprint density at radius 2 is 1.66 bits per heavy atom. The second-order valence-corrected chi connectivity index (χ2v) is 7.44. The van der Waals surface area contributed by atoms with Gasteiger partial charge in [-0.25, -0.2) is 18.0 Å². The maximum atomic E-state index is 13.6. The molecule has 4 rings (SSSR count). The Balaban J connectivity index is 1.54. The number of carbonyl (C=O) groups excluding carboxylic acids is 2. The molecule has 1 N–H and O–H groups in total. The number of carbonyl (C=O) groups is 2. The van der Waals surface area contributed by atoms with E-state index in [-0.39, 0.29) is 18.1 Å². The molecular formula is C24H20F3N3O2. The number of benzene rings is 3. The monoisotopic (exact) mass is 439 g/mol. The molecule has 0 radical (unpaired) electrons. The van der Waals surface area contributed by atoms with Gasteiger partial charge in [0.2, 0.25) is 0 Å². The first kappa shape index (κ1) is 21.4. The molecule has 1 aliphatic rings. The molecule has 0 unspecified atom stereocenters. The van der Waals surface area contributed by atoms with Crippen LogP contribution in [0.15, 0.2) is 66.7 Å². The number of amides is 3. The summed E-state index contributed by atoms with van der Waals surface area (Å²) in [6, 6.07) is 15.3. The van der Waals surface area contributed by atoms with Gasteiger partial charge in [0.25, 0.3) is 5.91 Å². The van der Waals surface area contributed by atoms with Gasteiger partial charge in [-0.15, -0.1) is 0 Å². The molecule has 1 saturated heterocycles. The Morgan fingerprint density at radius 3 is 2.41 bits per heavy atom. The van der Waals surface area contributed by atoms with Crippen molar-refractivity contribution >= 4 is 23.3 Å². The predicted molar refractivity (Wildman–Crippen MR) is 115 cm³/mol. The van der Waals surface area contributed by atoms with Crippen molar-refractivity contribution in [3.05, 3.63) is 95.3 Å². The highest BCUT2D eigenvalue weighted by atomic mass is 19.2. The lowest BCUT2D eigenvalue weighted by atomic mass is 10.1. The molecule has 5 nitrogen and oxygen atoms in total. The maximum absolute atomic E-state index is 13.6. The van der Waals surface area contributed by atoms with Gasteiger partial charge in [0.15, 0.2) is 11.6 Å². The molecule has 0 bridgehead atoms. The van der Waals surface area contributed by atoms with Crippen molar-refractivity contribution in [3.8, 4) is 0 Å². The van der Waals surface area contributed by atoms with Gasteiger partial charge < -0.3 is 10.2 Å². The van der Waals surface area contributed by atoms with Gasteiger partial charge in [-0.1, -0.05) is 18.2 Å². The molecule has 3 aromatic carbocycles. The zero-order valence-electron chi connectivity index (χ0n) is 17.0. The van der Waals surface area contributed by atoms with E-state index >= 15 is 0 Å². The van der Waals surface area contributed by atoms with Crippen LogP contribution in [0.1, 0.15) is 22.3 Å². The lowest BCUT2D eigenvalue weighted by Crippen LogP contribution is -2.49. The van der Waals surface area contributed by atoms with E-state index in [2.05, 4.69) is 5.32 Å². The average molecular weight is 439 g/mol. The van der Waals surface area contributed by atoms with Gasteiger partial charge in [-0.05, 0) is 60.5 Å². The van der Waals surface area contributed by atoms with E-state index in [4.69, 9.17) is 0 Å². The summed E-state index contributed by atoms with van der Waals surface area (Å²) in [7, 11) is 0. The summed E-state index contributed by atoms with van der Waals surface area (Å²) in [5, 5.41) is 2.78. The van der Waals surface area contributed by atoms with E-state index in [9.17, 15) is 22.8 Å². The van der Waals surface area contributed by atoms with Crippen molar-refractivity contribution in [2.45, 2.75) is 13.0 Å². The van der Waals surface area contributed by atoms with Gasteiger partial charge in [-0.2, -0.15) is 0 Å². The van der Waals surface area contributed by atoms with Crippen molar-refractivity contribution in [2.75, 3.05) is 23.3 Å². The number of para-hydroxylation sites is 2. The minimum Gasteiger partial charge on any atom is -0.320 e. The molecule has 1 fully saturated rings. The SMILES string of the molecule is O=C(Nc1ccccc1N1CCCN(Cc2ccc(F)c(F)c2)C1=O)c1ccc(F)cc1. The summed E-state index contributed by atoms with van der Waals surface area (Å²) in [4.78, 5) is 28.8. The number of hydrogen-bond donors (Lipinski definition) is 1. The number of rotatable bonds is 5. The van der Waals surface area contributed by atoms with Crippen molar-refractivity contribution in [1.82, 2.24) is 4.90 Å². The van der Waals surface area contributed by atoms with Crippen LogP contribution in [0.4, 0.5) is 29.3 Å². The zero-order valence-corrected chi connectivity index (χ0v) is 17.0. The Kier molecular flexibility index (Phi) is 6.11. The largest absolute Gasteiger partial charge is 0.324 e. The van der Waals surface area contributed by atoms with E-state index in [0.29, 0.717) is 36.4 Å². The molecule has 1 heterocycles. The summed E-state index contributed by atoms with van der Waals surface area (Å²) in [6.45, 7) is 1.05. The maximum Gasteiger partial charge on any atom is 0.324 e. The number of nitrogens with zero attached hydrogens (tertiary/aromatic N) is 2. The van der Waals surface area contributed by atoms with Crippen LogP contribution in [-0.2, 0) is 6.54 Å². The fourth-order valence-corrected chi connectivity index (χ4v) is 3.62. The van der Waals surface area contributed by atoms with Gasteiger partial charge in [-0.3, -0.25) is 9.69 Å². The Morgan fingerprint density at radius 1 is 0.906 bits per heavy atom. The van der Waals surface area contributed by atoms with Crippen molar-refractivity contribution in [2.24, 2.45) is 0 Å². The van der Waals surface area contributed by atoms with Crippen LogP contribution in [0.25, 0.3) is 0 Å². The third-order valence-corrected chi connectivity index (χ3v) is 5.22. The second kappa shape index (κ2) is 9.13. The number of anilines is 2. The van der Waals surface area contributed by atoms with E-state index in [1.54, 1.807) is 34.1 Å². The predicted octanol–water partition coefficient (Wildman–Crippen LogP) is 5.19. The Labute approximate surface area is 183 Å². The van der Waals surface area contributed by atoms with E-state index in [1.165, 1.54) is 30.3 Å². The topological polar surface area (TPSA) is 52.7 Å². The van der Waals surface area contributed by atoms with Gasteiger partial charge in [0.05, 0.1) is 11.4 Å². The zero-order chi connectivity index (χ0) is 22.7. The van der Waals surface area contributed by atoms with Crippen LogP contribution in [0.2, 0.25) is 0 Å². The molecule has 0 saturated carbocycles.